The van der Waals surface area contributed by atoms with Crippen LogP contribution >= 0.6 is 0 Å². The van der Waals surface area contributed by atoms with Gasteiger partial charge >= 0.3 is 10.4 Å². The van der Waals surface area contributed by atoms with Crippen LogP contribution in [0, 0.1) is 0 Å². The summed E-state index contributed by atoms with van der Waals surface area (Å²) in [5.41, 5.74) is 0. The summed E-state index contributed by atoms with van der Waals surface area (Å²) in [5.74, 6) is 0. The zero-order valence-electron chi connectivity index (χ0n) is 9.54. The first kappa shape index (κ1) is 15.7. The molecule has 0 spiro atoms. The van der Waals surface area contributed by atoms with Gasteiger partial charge in [0, 0.05) is 0 Å². The maximum atomic E-state index is 10.2. The third-order valence-electron chi connectivity index (χ3n) is 2.32. The van der Waals surface area contributed by atoms with Crippen molar-refractivity contribution < 1.29 is 41.9 Å². The Morgan fingerprint density at radius 2 is 1.89 bits per heavy atom. The number of rotatable bonds is 6. The number of aliphatic hydroxyl groups excluding tert-OH is 3. The molecule has 1 rings (SSSR count). The Balaban J connectivity index is 2.29. The third kappa shape index (κ3) is 4.74. The third-order valence-corrected chi connectivity index (χ3v) is 2.75. The SMILES string of the molecule is C[C@H]1O[C@@H](OCC(O)COS(=O)(=O)O)[C@@H](O)C1O. The number of hydrogen-bond donors (Lipinski definition) is 4. The van der Waals surface area contributed by atoms with Crippen molar-refractivity contribution in [1.29, 1.82) is 0 Å². The van der Waals surface area contributed by atoms with E-state index in [9.17, 15) is 23.7 Å². The molecule has 1 aliphatic rings. The van der Waals surface area contributed by atoms with Crippen molar-refractivity contribution in [2.75, 3.05) is 13.2 Å². The monoisotopic (exact) mass is 288 g/mol. The van der Waals surface area contributed by atoms with Gasteiger partial charge in [-0.1, -0.05) is 0 Å². The van der Waals surface area contributed by atoms with Crippen molar-refractivity contribution in [3.05, 3.63) is 0 Å². The van der Waals surface area contributed by atoms with Crippen molar-refractivity contribution in [1.82, 2.24) is 0 Å². The Bertz CT molecular complexity index is 356. The Morgan fingerprint density at radius 3 is 2.33 bits per heavy atom. The Labute approximate surface area is 104 Å². The second-order valence-electron chi connectivity index (χ2n) is 3.89. The van der Waals surface area contributed by atoms with E-state index in [0.717, 1.165) is 0 Å². The molecule has 1 fully saturated rings. The summed E-state index contributed by atoms with van der Waals surface area (Å²) in [4.78, 5) is 0. The number of aliphatic hydroxyl groups is 3. The predicted octanol–water partition coefficient (Wildman–Crippen LogP) is -2.35. The molecule has 9 nitrogen and oxygen atoms in total. The van der Waals surface area contributed by atoms with Gasteiger partial charge in [0.25, 0.3) is 0 Å². The van der Waals surface area contributed by atoms with Gasteiger partial charge < -0.3 is 24.8 Å². The first-order valence-corrected chi connectivity index (χ1v) is 6.50. The van der Waals surface area contributed by atoms with E-state index in [4.69, 9.17) is 14.0 Å². The summed E-state index contributed by atoms with van der Waals surface area (Å²) in [7, 11) is -4.62. The van der Waals surface area contributed by atoms with Gasteiger partial charge in [-0.05, 0) is 6.92 Å². The van der Waals surface area contributed by atoms with Crippen molar-refractivity contribution in [2.24, 2.45) is 0 Å². The standard InChI is InChI=1S/C8H16O9S/c1-4-6(10)7(11)8(17-4)15-2-5(9)3-16-18(12,13)14/h4-11H,2-3H2,1H3,(H,12,13,14)/t4-,5?,6?,7+,8-/m1/s1. The fourth-order valence-electron chi connectivity index (χ4n) is 1.37. The first-order chi connectivity index (χ1) is 8.20. The maximum Gasteiger partial charge on any atom is 0.397 e. The van der Waals surface area contributed by atoms with Crippen molar-refractivity contribution in [2.45, 2.75) is 37.6 Å². The van der Waals surface area contributed by atoms with Gasteiger partial charge in [0.15, 0.2) is 6.29 Å². The lowest BCUT2D eigenvalue weighted by atomic mass is 10.2. The van der Waals surface area contributed by atoms with Crippen molar-refractivity contribution >= 4 is 10.4 Å². The molecule has 0 bridgehead atoms. The van der Waals surface area contributed by atoms with Gasteiger partial charge in [0.2, 0.25) is 0 Å². The molecule has 0 aromatic carbocycles. The van der Waals surface area contributed by atoms with Gasteiger partial charge in [-0.25, -0.2) is 4.18 Å². The highest BCUT2D eigenvalue weighted by Gasteiger charge is 2.41. The van der Waals surface area contributed by atoms with E-state index in [1.165, 1.54) is 6.92 Å². The van der Waals surface area contributed by atoms with Crippen LogP contribution < -0.4 is 0 Å². The molecule has 0 aromatic heterocycles. The minimum Gasteiger partial charge on any atom is -0.388 e. The zero-order valence-corrected chi connectivity index (χ0v) is 10.4. The molecule has 108 valence electrons. The molecule has 1 aliphatic heterocycles. The molecule has 5 atom stereocenters. The molecule has 0 radical (unpaired) electrons. The van der Waals surface area contributed by atoms with Crippen molar-refractivity contribution in [3.63, 3.8) is 0 Å². The van der Waals surface area contributed by atoms with Crippen LogP contribution in [0.3, 0.4) is 0 Å². The Hall–Kier alpha value is -0.330. The molecule has 1 heterocycles. The molecule has 0 aliphatic carbocycles. The molecule has 0 saturated carbocycles. The van der Waals surface area contributed by atoms with Gasteiger partial charge in [-0.3, -0.25) is 4.55 Å². The molecule has 4 N–H and O–H groups in total. The van der Waals surface area contributed by atoms with Crippen LogP contribution in [0.1, 0.15) is 6.92 Å². The Kier molecular flexibility index (Phi) is 5.43. The van der Waals surface area contributed by atoms with E-state index >= 15 is 0 Å². The fourth-order valence-corrected chi connectivity index (χ4v) is 1.70. The fraction of sp³-hybridized carbons (Fsp3) is 1.00. The maximum absolute atomic E-state index is 10.2. The number of ether oxygens (including phenoxy) is 2. The average Bonchev–Trinajstić information content (AvgIpc) is 2.50. The van der Waals surface area contributed by atoms with E-state index in [0.29, 0.717) is 0 Å². The van der Waals surface area contributed by atoms with E-state index in [-0.39, 0.29) is 0 Å². The lowest BCUT2D eigenvalue weighted by Gasteiger charge is -2.17. The zero-order chi connectivity index (χ0) is 13.9. The summed E-state index contributed by atoms with van der Waals surface area (Å²) in [6.45, 7) is 0.450. The molecule has 2 unspecified atom stereocenters. The average molecular weight is 288 g/mol. The summed E-state index contributed by atoms with van der Waals surface area (Å²) in [6, 6.07) is 0. The van der Waals surface area contributed by atoms with Gasteiger partial charge in [0.1, 0.15) is 18.3 Å². The lowest BCUT2D eigenvalue weighted by Crippen LogP contribution is -2.35. The molecule has 0 amide bonds. The normalized spacial score (nSPS) is 34.7. The van der Waals surface area contributed by atoms with Crippen LogP contribution in [0.25, 0.3) is 0 Å². The largest absolute Gasteiger partial charge is 0.397 e. The van der Waals surface area contributed by atoms with Gasteiger partial charge in [-0.2, -0.15) is 8.42 Å². The molecule has 1 saturated heterocycles. The van der Waals surface area contributed by atoms with Crippen molar-refractivity contribution in [3.8, 4) is 0 Å². The second kappa shape index (κ2) is 6.21. The molecule has 10 heteroatoms. The van der Waals surface area contributed by atoms with Crippen LogP contribution in [-0.4, -0.2) is 72.2 Å². The summed E-state index contributed by atoms with van der Waals surface area (Å²) in [6.07, 6.45) is -5.42. The first-order valence-electron chi connectivity index (χ1n) is 5.14. The molecule has 0 aromatic rings. The minimum atomic E-state index is -4.62. The second-order valence-corrected chi connectivity index (χ2v) is 4.98. The molecule has 18 heavy (non-hydrogen) atoms. The van der Waals surface area contributed by atoms with Gasteiger partial charge in [-0.15, -0.1) is 0 Å². The van der Waals surface area contributed by atoms with Crippen LogP contribution in [0.15, 0.2) is 0 Å². The van der Waals surface area contributed by atoms with E-state index in [1.54, 1.807) is 0 Å². The van der Waals surface area contributed by atoms with E-state index < -0.39 is 54.3 Å². The van der Waals surface area contributed by atoms with Crippen LogP contribution in [-0.2, 0) is 24.1 Å². The Morgan fingerprint density at radius 1 is 1.28 bits per heavy atom. The summed E-state index contributed by atoms with van der Waals surface area (Å²) < 4.78 is 42.6. The smallest absolute Gasteiger partial charge is 0.388 e. The van der Waals surface area contributed by atoms with Crippen LogP contribution in [0.2, 0.25) is 0 Å². The molecular weight excluding hydrogens is 272 g/mol. The highest BCUT2D eigenvalue weighted by Crippen LogP contribution is 2.21. The summed E-state index contributed by atoms with van der Waals surface area (Å²) in [5, 5.41) is 28.1. The molecular formula is C8H16O9S. The van der Waals surface area contributed by atoms with Crippen LogP contribution in [0.5, 0.6) is 0 Å². The number of hydrogen-bond acceptors (Lipinski definition) is 8. The van der Waals surface area contributed by atoms with Crippen LogP contribution in [0.4, 0.5) is 0 Å². The lowest BCUT2D eigenvalue weighted by molar-refractivity contribution is -0.177. The quantitative estimate of drug-likeness (QED) is 0.395. The predicted molar refractivity (Wildman–Crippen MR) is 55.8 cm³/mol. The topological polar surface area (TPSA) is 143 Å². The highest BCUT2D eigenvalue weighted by atomic mass is 32.3. The van der Waals surface area contributed by atoms with E-state index in [1.807, 2.05) is 0 Å². The van der Waals surface area contributed by atoms with Gasteiger partial charge in [0.05, 0.1) is 19.3 Å². The minimum absolute atomic E-state index is 0.392. The highest BCUT2D eigenvalue weighted by molar-refractivity contribution is 7.80. The van der Waals surface area contributed by atoms with E-state index in [2.05, 4.69) is 4.18 Å². The summed E-state index contributed by atoms with van der Waals surface area (Å²) >= 11 is 0.